The fourth-order valence-electron chi connectivity index (χ4n) is 4.73. The van der Waals surface area contributed by atoms with Crippen molar-refractivity contribution in [3.63, 3.8) is 0 Å². The van der Waals surface area contributed by atoms with Crippen LogP contribution in [0, 0.1) is 11.3 Å². The van der Waals surface area contributed by atoms with Crippen LogP contribution in [0.4, 0.5) is 5.00 Å². The van der Waals surface area contributed by atoms with Crippen molar-refractivity contribution in [3.05, 3.63) is 17.5 Å². The Kier molecular flexibility index (Phi) is 4.67. The Bertz CT molecular complexity index is 607. The molecule has 0 amide bonds. The molecule has 3 heterocycles. The molecule has 0 spiro atoms. The third-order valence-electron chi connectivity index (χ3n) is 6.09. The molecule has 5 nitrogen and oxygen atoms in total. The maximum Gasteiger partial charge on any atom is 0.194 e. The van der Waals surface area contributed by atoms with E-state index in [9.17, 15) is 0 Å². The topological polar surface area (TPSA) is 40.1 Å². The summed E-state index contributed by atoms with van der Waals surface area (Å²) in [5, 5.41) is 7.36. The van der Waals surface area contributed by atoms with E-state index in [1.54, 1.807) is 0 Å². The predicted octanol–water partition coefficient (Wildman–Crippen LogP) is 2.65. The summed E-state index contributed by atoms with van der Waals surface area (Å²) in [5.41, 5.74) is 0.189. The maximum absolute atomic E-state index is 5.94. The molecule has 3 atom stereocenters. The van der Waals surface area contributed by atoms with Gasteiger partial charge in [0.1, 0.15) is 0 Å². The van der Waals surface area contributed by atoms with Crippen LogP contribution in [0.1, 0.15) is 27.2 Å². The highest BCUT2D eigenvalue weighted by atomic mass is 32.1. The van der Waals surface area contributed by atoms with Crippen LogP contribution in [0.15, 0.2) is 22.5 Å². The smallest absolute Gasteiger partial charge is 0.194 e. The van der Waals surface area contributed by atoms with Crippen molar-refractivity contribution < 1.29 is 4.74 Å². The van der Waals surface area contributed by atoms with Crippen LogP contribution in [0.2, 0.25) is 0 Å². The molecule has 2 aliphatic heterocycles. The number of piperazine rings is 1. The number of fused-ring (bicyclic) bond motifs is 1. The van der Waals surface area contributed by atoms with Crippen LogP contribution in [0.3, 0.4) is 0 Å². The van der Waals surface area contributed by atoms with Gasteiger partial charge in [-0.15, -0.1) is 11.3 Å². The average Bonchev–Trinajstić information content (AvgIpc) is 3.29. The Morgan fingerprint density at radius 1 is 1.36 bits per heavy atom. The minimum atomic E-state index is 0.189. The molecule has 138 valence electrons. The van der Waals surface area contributed by atoms with E-state index >= 15 is 0 Å². The molecule has 0 aromatic carbocycles. The van der Waals surface area contributed by atoms with Crippen LogP contribution in [0.25, 0.3) is 0 Å². The van der Waals surface area contributed by atoms with Crippen LogP contribution < -0.4 is 10.2 Å². The van der Waals surface area contributed by atoms with E-state index in [0.717, 1.165) is 45.3 Å². The molecule has 1 aliphatic carbocycles. The molecular weight excluding hydrogens is 332 g/mol. The third-order valence-corrected chi connectivity index (χ3v) is 7.02. The first kappa shape index (κ1) is 17.2. The van der Waals surface area contributed by atoms with Crippen molar-refractivity contribution >= 4 is 22.3 Å². The van der Waals surface area contributed by atoms with Crippen molar-refractivity contribution in [2.75, 3.05) is 44.2 Å². The molecule has 1 saturated carbocycles. The molecule has 4 rings (SSSR count). The second kappa shape index (κ2) is 6.80. The zero-order valence-electron chi connectivity index (χ0n) is 15.6. The van der Waals surface area contributed by atoms with E-state index in [1.807, 2.05) is 11.3 Å². The minimum Gasteiger partial charge on any atom is -0.377 e. The van der Waals surface area contributed by atoms with Crippen molar-refractivity contribution in [1.29, 1.82) is 0 Å². The Balaban J connectivity index is 1.40. The number of anilines is 1. The Morgan fingerprint density at radius 3 is 2.84 bits per heavy atom. The molecule has 1 aromatic heterocycles. The van der Waals surface area contributed by atoms with Gasteiger partial charge in [0.2, 0.25) is 0 Å². The highest BCUT2D eigenvalue weighted by Crippen LogP contribution is 2.52. The number of ether oxygens (including phenoxy) is 1. The normalized spacial score (nSPS) is 31.6. The van der Waals surface area contributed by atoms with Crippen LogP contribution >= 0.6 is 11.3 Å². The van der Waals surface area contributed by atoms with E-state index in [-0.39, 0.29) is 5.41 Å². The molecule has 3 unspecified atom stereocenters. The first-order valence-corrected chi connectivity index (χ1v) is 10.4. The Hall–Kier alpha value is -1.27. The van der Waals surface area contributed by atoms with Gasteiger partial charge >= 0.3 is 0 Å². The number of thiophene rings is 1. The number of aliphatic imine (C=N–C) groups is 1. The SMILES string of the molecule is CCN=C(NC1C2CCOC2C1(C)C)N1CCN(c2cccs2)CC1. The summed E-state index contributed by atoms with van der Waals surface area (Å²) in [5.74, 6) is 1.74. The van der Waals surface area contributed by atoms with Gasteiger partial charge in [0.05, 0.1) is 11.1 Å². The number of guanidine groups is 1. The Morgan fingerprint density at radius 2 is 2.16 bits per heavy atom. The zero-order valence-corrected chi connectivity index (χ0v) is 16.4. The van der Waals surface area contributed by atoms with E-state index < -0.39 is 0 Å². The highest BCUT2D eigenvalue weighted by molar-refractivity contribution is 7.14. The van der Waals surface area contributed by atoms with Crippen molar-refractivity contribution in [2.24, 2.45) is 16.3 Å². The Labute approximate surface area is 155 Å². The van der Waals surface area contributed by atoms with E-state index in [2.05, 4.69) is 53.4 Å². The van der Waals surface area contributed by atoms with Gasteiger partial charge in [0.15, 0.2) is 5.96 Å². The van der Waals surface area contributed by atoms with Gasteiger partial charge in [0.25, 0.3) is 0 Å². The molecule has 1 aromatic rings. The largest absolute Gasteiger partial charge is 0.377 e. The lowest BCUT2D eigenvalue weighted by Crippen LogP contribution is -2.68. The quantitative estimate of drug-likeness (QED) is 0.663. The average molecular weight is 363 g/mol. The van der Waals surface area contributed by atoms with Gasteiger partial charge in [-0.2, -0.15) is 0 Å². The summed E-state index contributed by atoms with van der Waals surface area (Å²) < 4.78 is 5.94. The molecule has 25 heavy (non-hydrogen) atoms. The monoisotopic (exact) mass is 362 g/mol. The number of nitrogens with one attached hydrogen (secondary N) is 1. The van der Waals surface area contributed by atoms with E-state index in [0.29, 0.717) is 18.1 Å². The van der Waals surface area contributed by atoms with Gasteiger partial charge in [0, 0.05) is 56.7 Å². The van der Waals surface area contributed by atoms with Gasteiger partial charge in [-0.3, -0.25) is 4.99 Å². The number of rotatable bonds is 3. The second-order valence-corrected chi connectivity index (χ2v) is 8.84. The van der Waals surface area contributed by atoms with Crippen molar-refractivity contribution in [3.8, 4) is 0 Å². The second-order valence-electron chi connectivity index (χ2n) is 7.91. The summed E-state index contributed by atoms with van der Waals surface area (Å²) in [7, 11) is 0. The standard InChI is InChI=1S/C19H30N4OS/c1-4-20-18(21-16-14-7-12-24-17(14)19(16,2)3)23-10-8-22(9-11-23)15-6-5-13-25-15/h5-6,13-14,16-17H,4,7-12H2,1-3H3,(H,20,21). The number of hydrogen-bond donors (Lipinski definition) is 1. The minimum absolute atomic E-state index is 0.189. The van der Waals surface area contributed by atoms with Crippen LogP contribution in [-0.2, 0) is 4.74 Å². The fraction of sp³-hybridized carbons (Fsp3) is 0.737. The summed E-state index contributed by atoms with van der Waals surface area (Å²) in [6.45, 7) is 12.7. The summed E-state index contributed by atoms with van der Waals surface area (Å²) >= 11 is 1.83. The molecule has 3 fully saturated rings. The molecule has 0 bridgehead atoms. The summed E-state index contributed by atoms with van der Waals surface area (Å²) in [6, 6.07) is 4.83. The maximum atomic E-state index is 5.94. The summed E-state index contributed by atoms with van der Waals surface area (Å²) in [4.78, 5) is 9.73. The van der Waals surface area contributed by atoms with E-state index in [1.165, 1.54) is 11.4 Å². The first-order chi connectivity index (χ1) is 12.1. The third kappa shape index (κ3) is 3.04. The van der Waals surface area contributed by atoms with Gasteiger partial charge < -0.3 is 19.9 Å². The highest BCUT2D eigenvalue weighted by Gasteiger charge is 2.59. The lowest BCUT2D eigenvalue weighted by Gasteiger charge is -2.55. The van der Waals surface area contributed by atoms with Crippen molar-refractivity contribution in [2.45, 2.75) is 39.3 Å². The van der Waals surface area contributed by atoms with Gasteiger partial charge in [-0.1, -0.05) is 13.8 Å². The zero-order chi connectivity index (χ0) is 17.4. The molecule has 1 N–H and O–H groups in total. The van der Waals surface area contributed by atoms with Crippen molar-refractivity contribution in [1.82, 2.24) is 10.2 Å². The number of nitrogens with zero attached hydrogens (tertiary/aromatic N) is 3. The molecule has 0 radical (unpaired) electrons. The molecular formula is C19H30N4OS. The molecule has 2 saturated heterocycles. The molecule has 3 aliphatic rings. The predicted molar refractivity (Wildman–Crippen MR) is 105 cm³/mol. The van der Waals surface area contributed by atoms with Crippen LogP contribution in [0.5, 0.6) is 0 Å². The lowest BCUT2D eigenvalue weighted by molar-refractivity contribution is -0.107. The van der Waals surface area contributed by atoms with Crippen LogP contribution in [-0.4, -0.2) is 62.3 Å². The number of hydrogen-bond acceptors (Lipinski definition) is 4. The molecule has 6 heteroatoms. The summed E-state index contributed by atoms with van der Waals surface area (Å²) in [6.07, 6.45) is 1.60. The van der Waals surface area contributed by atoms with E-state index in [4.69, 9.17) is 9.73 Å². The fourth-order valence-corrected chi connectivity index (χ4v) is 5.52. The lowest BCUT2D eigenvalue weighted by atomic mass is 9.57. The first-order valence-electron chi connectivity index (χ1n) is 9.57. The van der Waals surface area contributed by atoms with Gasteiger partial charge in [-0.25, -0.2) is 0 Å². The van der Waals surface area contributed by atoms with Gasteiger partial charge in [-0.05, 0) is 30.9 Å².